The van der Waals surface area contributed by atoms with Crippen LogP contribution in [0.15, 0.2) is 78.9 Å². The average Bonchev–Trinajstić information content (AvgIpc) is 2.80. The summed E-state index contributed by atoms with van der Waals surface area (Å²) in [6.07, 6.45) is 0. The molecule has 6 heteroatoms. The minimum atomic E-state index is -0.206. The first kappa shape index (κ1) is 21.2. The van der Waals surface area contributed by atoms with Gasteiger partial charge in [-0.05, 0) is 48.0 Å². The molecule has 0 aromatic heterocycles. The maximum Gasteiger partial charge on any atom is 0.262 e. The van der Waals surface area contributed by atoms with Crippen LogP contribution in [-0.4, -0.2) is 43.6 Å². The number of carbonyl (C=O) groups excluding carboxylic acids is 1. The van der Waals surface area contributed by atoms with Crippen LogP contribution in [0.25, 0.3) is 0 Å². The topological polar surface area (TPSA) is 44.8 Å². The molecule has 0 bridgehead atoms. The van der Waals surface area contributed by atoms with Gasteiger partial charge in [0.15, 0.2) is 6.61 Å². The zero-order valence-electron chi connectivity index (χ0n) is 17.3. The van der Waals surface area contributed by atoms with Crippen molar-refractivity contribution in [2.24, 2.45) is 0 Å². The average molecular weight is 436 g/mol. The molecular weight excluding hydrogens is 410 g/mol. The van der Waals surface area contributed by atoms with Gasteiger partial charge in [-0.2, -0.15) is 0 Å². The highest BCUT2D eigenvalue weighted by atomic mass is 35.5. The van der Waals surface area contributed by atoms with Gasteiger partial charge in [0.05, 0.1) is 0 Å². The van der Waals surface area contributed by atoms with E-state index in [0.717, 1.165) is 38.4 Å². The van der Waals surface area contributed by atoms with Gasteiger partial charge in [-0.15, -0.1) is 0 Å². The Balaban J connectivity index is 1.23. The van der Waals surface area contributed by atoms with E-state index in [-0.39, 0.29) is 12.5 Å². The second-order valence-electron chi connectivity index (χ2n) is 7.59. The molecule has 5 nitrogen and oxygen atoms in total. The number of carbonyl (C=O) groups is 1. The van der Waals surface area contributed by atoms with Gasteiger partial charge in [0.25, 0.3) is 5.91 Å². The lowest BCUT2D eigenvalue weighted by Crippen LogP contribution is -2.45. The number of hydrogen-bond acceptors (Lipinski definition) is 4. The minimum absolute atomic E-state index is 0.0640. The van der Waals surface area contributed by atoms with Gasteiger partial charge in [0.1, 0.15) is 5.75 Å². The number of amides is 1. The first-order valence-corrected chi connectivity index (χ1v) is 10.8. The van der Waals surface area contributed by atoms with Crippen LogP contribution in [0.1, 0.15) is 5.56 Å². The first-order valence-electron chi connectivity index (χ1n) is 10.5. The second kappa shape index (κ2) is 10.3. The molecule has 1 aliphatic rings. The summed E-state index contributed by atoms with van der Waals surface area (Å²) in [6.45, 7) is 4.99. The molecule has 1 amide bonds. The third-order valence-electron chi connectivity index (χ3n) is 5.30. The van der Waals surface area contributed by atoms with Crippen molar-refractivity contribution in [1.29, 1.82) is 0 Å². The fraction of sp³-hybridized carbons (Fsp3) is 0.240. The highest BCUT2D eigenvalue weighted by Crippen LogP contribution is 2.21. The molecule has 0 unspecified atom stereocenters. The van der Waals surface area contributed by atoms with Crippen molar-refractivity contribution in [3.8, 4) is 5.75 Å². The van der Waals surface area contributed by atoms with E-state index in [0.29, 0.717) is 10.8 Å². The van der Waals surface area contributed by atoms with Gasteiger partial charge < -0.3 is 15.0 Å². The number of hydrogen-bond donors (Lipinski definition) is 1. The second-order valence-corrected chi connectivity index (χ2v) is 8.03. The number of halogens is 1. The summed E-state index contributed by atoms with van der Waals surface area (Å²) in [7, 11) is 0. The molecule has 0 radical (unpaired) electrons. The van der Waals surface area contributed by atoms with E-state index in [9.17, 15) is 4.79 Å². The molecule has 0 spiro atoms. The predicted molar refractivity (Wildman–Crippen MR) is 126 cm³/mol. The largest absolute Gasteiger partial charge is 0.484 e. The number of nitrogens with zero attached hydrogens (tertiary/aromatic N) is 2. The monoisotopic (exact) mass is 435 g/mol. The third-order valence-corrected chi connectivity index (χ3v) is 5.54. The first-order chi connectivity index (χ1) is 15.2. The smallest absolute Gasteiger partial charge is 0.262 e. The van der Waals surface area contributed by atoms with Crippen molar-refractivity contribution in [2.75, 3.05) is 43.0 Å². The van der Waals surface area contributed by atoms with Crippen LogP contribution in [0.5, 0.6) is 5.75 Å². The van der Waals surface area contributed by atoms with Crippen LogP contribution in [0.2, 0.25) is 5.02 Å². The number of piperazine rings is 1. The molecule has 1 aliphatic heterocycles. The Bertz CT molecular complexity index is 987. The molecule has 0 saturated carbocycles. The number of anilines is 2. The Morgan fingerprint density at radius 3 is 2.35 bits per heavy atom. The van der Waals surface area contributed by atoms with Gasteiger partial charge in [-0.3, -0.25) is 9.69 Å². The lowest BCUT2D eigenvalue weighted by molar-refractivity contribution is -0.118. The summed E-state index contributed by atoms with van der Waals surface area (Å²) >= 11 is 5.93. The van der Waals surface area contributed by atoms with Crippen molar-refractivity contribution in [3.63, 3.8) is 0 Å². The van der Waals surface area contributed by atoms with Crippen molar-refractivity contribution in [1.82, 2.24) is 4.90 Å². The fourth-order valence-electron chi connectivity index (χ4n) is 3.66. The van der Waals surface area contributed by atoms with Crippen LogP contribution >= 0.6 is 11.6 Å². The Labute approximate surface area is 188 Å². The Morgan fingerprint density at radius 1 is 0.903 bits per heavy atom. The van der Waals surface area contributed by atoms with E-state index >= 15 is 0 Å². The zero-order valence-corrected chi connectivity index (χ0v) is 18.1. The van der Waals surface area contributed by atoms with Crippen LogP contribution in [0.3, 0.4) is 0 Å². The number of rotatable bonds is 7. The zero-order chi connectivity index (χ0) is 21.5. The summed E-state index contributed by atoms with van der Waals surface area (Å²) in [6, 6.07) is 25.6. The molecule has 0 atom stereocenters. The Hall–Kier alpha value is -3.02. The van der Waals surface area contributed by atoms with Gasteiger partial charge in [-0.1, -0.05) is 48.0 Å². The van der Waals surface area contributed by atoms with E-state index in [4.69, 9.17) is 16.3 Å². The molecule has 1 heterocycles. The SMILES string of the molecule is O=C(COc1cccc(Cl)c1)Nc1ccc(N2CCN(Cc3ccccc3)CC2)cc1. The highest BCUT2D eigenvalue weighted by molar-refractivity contribution is 6.30. The van der Waals surface area contributed by atoms with Gasteiger partial charge in [0.2, 0.25) is 0 Å². The molecule has 1 saturated heterocycles. The van der Waals surface area contributed by atoms with Crippen molar-refractivity contribution < 1.29 is 9.53 Å². The molecule has 1 N–H and O–H groups in total. The number of nitrogens with one attached hydrogen (secondary N) is 1. The van der Waals surface area contributed by atoms with E-state index in [2.05, 4.69) is 57.6 Å². The minimum Gasteiger partial charge on any atom is -0.484 e. The van der Waals surface area contributed by atoms with Crippen molar-refractivity contribution in [2.45, 2.75) is 6.54 Å². The molecular formula is C25H26ClN3O2. The summed E-state index contributed by atoms with van der Waals surface area (Å²) in [4.78, 5) is 17.0. The van der Waals surface area contributed by atoms with Crippen LogP contribution in [0.4, 0.5) is 11.4 Å². The van der Waals surface area contributed by atoms with E-state index in [1.807, 2.05) is 12.1 Å². The van der Waals surface area contributed by atoms with E-state index in [1.165, 1.54) is 11.3 Å². The van der Waals surface area contributed by atoms with Gasteiger partial charge >= 0.3 is 0 Å². The maximum atomic E-state index is 12.2. The van der Waals surface area contributed by atoms with Gasteiger partial charge in [0, 0.05) is 49.1 Å². The lowest BCUT2D eigenvalue weighted by atomic mass is 10.2. The van der Waals surface area contributed by atoms with E-state index < -0.39 is 0 Å². The lowest BCUT2D eigenvalue weighted by Gasteiger charge is -2.36. The number of benzene rings is 3. The number of ether oxygens (including phenoxy) is 1. The molecule has 160 valence electrons. The molecule has 4 rings (SSSR count). The Morgan fingerprint density at radius 2 is 1.65 bits per heavy atom. The Kier molecular flexibility index (Phi) is 7.07. The summed E-state index contributed by atoms with van der Waals surface area (Å²) in [5.74, 6) is 0.367. The van der Waals surface area contributed by atoms with Crippen molar-refractivity contribution in [3.05, 3.63) is 89.4 Å². The molecule has 3 aromatic rings. The van der Waals surface area contributed by atoms with Crippen LogP contribution in [0, 0.1) is 0 Å². The normalized spacial score (nSPS) is 14.3. The molecule has 0 aliphatic carbocycles. The van der Waals surface area contributed by atoms with E-state index in [1.54, 1.807) is 24.3 Å². The standard InChI is InChI=1S/C25H26ClN3O2/c26-21-7-4-8-24(17-21)31-19-25(30)27-22-9-11-23(12-10-22)29-15-13-28(14-16-29)18-20-5-2-1-3-6-20/h1-12,17H,13-16,18-19H2,(H,27,30). The van der Waals surface area contributed by atoms with Crippen molar-refractivity contribution >= 4 is 28.9 Å². The fourth-order valence-corrected chi connectivity index (χ4v) is 3.84. The van der Waals surface area contributed by atoms with Crippen LogP contribution < -0.4 is 15.0 Å². The third kappa shape index (κ3) is 6.23. The quantitative estimate of drug-likeness (QED) is 0.585. The molecule has 1 fully saturated rings. The van der Waals surface area contributed by atoms with Crippen LogP contribution in [-0.2, 0) is 11.3 Å². The molecule has 3 aromatic carbocycles. The molecule has 31 heavy (non-hydrogen) atoms. The summed E-state index contributed by atoms with van der Waals surface area (Å²) in [5, 5.41) is 3.45. The van der Waals surface area contributed by atoms with Gasteiger partial charge in [-0.25, -0.2) is 0 Å². The maximum absolute atomic E-state index is 12.2. The highest BCUT2D eigenvalue weighted by Gasteiger charge is 2.17. The summed E-state index contributed by atoms with van der Waals surface area (Å²) in [5.41, 5.74) is 3.29. The predicted octanol–water partition coefficient (Wildman–Crippen LogP) is 4.68. The summed E-state index contributed by atoms with van der Waals surface area (Å²) < 4.78 is 5.48.